The summed E-state index contributed by atoms with van der Waals surface area (Å²) < 4.78 is 0. The fraction of sp³-hybridized carbons (Fsp3) is 0.684. The molecular weight excluding hydrogens is 272 g/mol. The van der Waals surface area contributed by atoms with Crippen LogP contribution in [0.5, 0.6) is 5.75 Å². The Morgan fingerprint density at radius 2 is 1.45 bits per heavy atom. The molecule has 1 aromatic carbocycles. The Labute approximate surface area is 134 Å². The van der Waals surface area contributed by atoms with Gasteiger partial charge in [-0.15, -0.1) is 0 Å². The van der Waals surface area contributed by atoms with Crippen LogP contribution in [0.4, 0.5) is 0 Å². The van der Waals surface area contributed by atoms with Crippen molar-refractivity contribution in [3.63, 3.8) is 0 Å². The zero-order valence-corrected chi connectivity index (χ0v) is 13.9. The van der Waals surface area contributed by atoms with Crippen molar-refractivity contribution in [3.05, 3.63) is 29.8 Å². The Hall–Kier alpha value is -1.06. The van der Waals surface area contributed by atoms with Crippen LogP contribution in [0.1, 0.15) is 31.2 Å². The number of likely N-dealkylation sites (tertiary alicyclic amines) is 2. The molecular formula is C19H30N2O. The molecule has 122 valence electrons. The molecule has 0 radical (unpaired) electrons. The molecule has 1 N–H and O–H groups in total. The van der Waals surface area contributed by atoms with E-state index in [0.29, 0.717) is 5.75 Å². The summed E-state index contributed by atoms with van der Waals surface area (Å²) in [5, 5.41) is 9.33. The molecule has 3 nitrogen and oxygen atoms in total. The smallest absolute Gasteiger partial charge is 0.115 e. The number of hydrogen-bond acceptors (Lipinski definition) is 3. The van der Waals surface area contributed by atoms with Crippen LogP contribution >= 0.6 is 0 Å². The maximum Gasteiger partial charge on any atom is 0.115 e. The molecule has 3 heteroatoms. The largest absolute Gasteiger partial charge is 0.508 e. The summed E-state index contributed by atoms with van der Waals surface area (Å²) in [4.78, 5) is 5.10. The van der Waals surface area contributed by atoms with Gasteiger partial charge in [0, 0.05) is 6.54 Å². The Bertz CT molecular complexity index is 443. The summed E-state index contributed by atoms with van der Waals surface area (Å²) in [5.41, 5.74) is 1.33. The van der Waals surface area contributed by atoms with E-state index in [4.69, 9.17) is 0 Å². The normalized spacial score (nSPS) is 23.0. The maximum atomic E-state index is 9.33. The van der Waals surface area contributed by atoms with E-state index in [1.807, 2.05) is 12.1 Å². The lowest BCUT2D eigenvalue weighted by molar-refractivity contribution is 0.106. The molecule has 3 rings (SSSR count). The third-order valence-corrected chi connectivity index (χ3v) is 5.72. The van der Waals surface area contributed by atoms with Crippen LogP contribution in [-0.2, 0) is 6.42 Å². The van der Waals surface area contributed by atoms with Gasteiger partial charge in [0.15, 0.2) is 0 Å². The summed E-state index contributed by atoms with van der Waals surface area (Å²) in [6.45, 7) is 6.30. The second-order valence-corrected chi connectivity index (χ2v) is 7.24. The number of piperidine rings is 2. The van der Waals surface area contributed by atoms with Gasteiger partial charge in [0.05, 0.1) is 0 Å². The van der Waals surface area contributed by atoms with Gasteiger partial charge in [0.1, 0.15) is 5.75 Å². The average molecular weight is 302 g/mol. The molecule has 2 aliphatic heterocycles. The van der Waals surface area contributed by atoms with Crippen molar-refractivity contribution in [3.8, 4) is 5.75 Å². The van der Waals surface area contributed by atoms with Crippen LogP contribution in [0, 0.1) is 11.8 Å². The topological polar surface area (TPSA) is 26.7 Å². The Balaban J connectivity index is 1.39. The second-order valence-electron chi connectivity index (χ2n) is 7.24. The molecule has 0 bridgehead atoms. The highest BCUT2D eigenvalue weighted by Crippen LogP contribution is 2.32. The minimum absolute atomic E-state index is 0.364. The minimum atomic E-state index is 0.364. The lowest BCUT2D eigenvalue weighted by atomic mass is 9.79. The summed E-state index contributed by atoms with van der Waals surface area (Å²) >= 11 is 0. The van der Waals surface area contributed by atoms with Gasteiger partial charge in [-0.05, 0) is 94.9 Å². The van der Waals surface area contributed by atoms with Crippen molar-refractivity contribution in [1.29, 1.82) is 0 Å². The molecule has 2 saturated heterocycles. The number of phenols is 1. The van der Waals surface area contributed by atoms with Crippen LogP contribution in [0.2, 0.25) is 0 Å². The zero-order chi connectivity index (χ0) is 15.4. The first-order valence-corrected chi connectivity index (χ1v) is 8.89. The SMILES string of the molecule is CN1CCC(C2CCN(CCc3ccc(O)cc3)CC2)CC1. The van der Waals surface area contributed by atoms with E-state index in [1.54, 1.807) is 12.1 Å². The van der Waals surface area contributed by atoms with Crippen LogP contribution in [0.3, 0.4) is 0 Å². The number of benzene rings is 1. The highest BCUT2D eigenvalue weighted by Gasteiger charge is 2.28. The monoisotopic (exact) mass is 302 g/mol. The summed E-state index contributed by atoms with van der Waals surface area (Å²) in [7, 11) is 2.25. The van der Waals surface area contributed by atoms with Crippen LogP contribution in [0.15, 0.2) is 24.3 Å². The molecule has 0 amide bonds. The van der Waals surface area contributed by atoms with Crippen molar-refractivity contribution in [1.82, 2.24) is 9.80 Å². The fourth-order valence-corrected chi connectivity index (χ4v) is 4.10. The quantitative estimate of drug-likeness (QED) is 0.926. The van der Waals surface area contributed by atoms with E-state index < -0.39 is 0 Å². The molecule has 0 aliphatic carbocycles. The van der Waals surface area contributed by atoms with Crippen molar-refractivity contribution in [2.75, 3.05) is 39.8 Å². The number of aromatic hydroxyl groups is 1. The number of phenolic OH excluding ortho intramolecular Hbond substituents is 1. The van der Waals surface area contributed by atoms with Crippen LogP contribution < -0.4 is 0 Å². The Kier molecular flexibility index (Phi) is 5.37. The fourth-order valence-electron chi connectivity index (χ4n) is 4.10. The number of rotatable bonds is 4. The van der Waals surface area contributed by atoms with Gasteiger partial charge in [-0.25, -0.2) is 0 Å². The highest BCUT2D eigenvalue weighted by molar-refractivity contribution is 5.26. The number of nitrogens with zero attached hydrogens (tertiary/aromatic N) is 2. The molecule has 2 heterocycles. The van der Waals surface area contributed by atoms with E-state index >= 15 is 0 Å². The van der Waals surface area contributed by atoms with Crippen LogP contribution in [-0.4, -0.2) is 54.7 Å². The van der Waals surface area contributed by atoms with Crippen molar-refractivity contribution >= 4 is 0 Å². The Morgan fingerprint density at radius 1 is 0.909 bits per heavy atom. The zero-order valence-electron chi connectivity index (χ0n) is 13.9. The molecule has 22 heavy (non-hydrogen) atoms. The van der Waals surface area contributed by atoms with Crippen LogP contribution in [0.25, 0.3) is 0 Å². The summed E-state index contributed by atoms with van der Waals surface area (Å²) in [6, 6.07) is 7.67. The second kappa shape index (κ2) is 7.47. The van der Waals surface area contributed by atoms with Gasteiger partial charge >= 0.3 is 0 Å². The van der Waals surface area contributed by atoms with E-state index in [9.17, 15) is 5.11 Å². The van der Waals surface area contributed by atoms with Gasteiger partial charge in [-0.2, -0.15) is 0 Å². The molecule has 0 unspecified atom stereocenters. The van der Waals surface area contributed by atoms with Gasteiger partial charge < -0.3 is 14.9 Å². The van der Waals surface area contributed by atoms with Gasteiger partial charge in [-0.3, -0.25) is 0 Å². The molecule has 0 saturated carbocycles. The first-order chi connectivity index (χ1) is 10.7. The average Bonchev–Trinajstić information content (AvgIpc) is 2.56. The molecule has 0 spiro atoms. The molecule has 2 aliphatic rings. The Morgan fingerprint density at radius 3 is 2.05 bits per heavy atom. The molecule has 2 fully saturated rings. The maximum absolute atomic E-state index is 9.33. The van der Waals surface area contributed by atoms with Crippen molar-refractivity contribution in [2.24, 2.45) is 11.8 Å². The van der Waals surface area contributed by atoms with Gasteiger partial charge in [-0.1, -0.05) is 12.1 Å². The van der Waals surface area contributed by atoms with Gasteiger partial charge in [0.25, 0.3) is 0 Å². The standard InChI is InChI=1S/C19H30N2O/c1-20-11-7-17(8-12-20)18-9-14-21(15-10-18)13-6-16-2-4-19(22)5-3-16/h2-5,17-18,22H,6-15H2,1H3. The number of hydrogen-bond donors (Lipinski definition) is 1. The summed E-state index contributed by atoms with van der Waals surface area (Å²) in [6.07, 6.45) is 6.70. The first-order valence-electron chi connectivity index (χ1n) is 8.89. The van der Waals surface area contributed by atoms with Crippen molar-refractivity contribution in [2.45, 2.75) is 32.1 Å². The van der Waals surface area contributed by atoms with E-state index in [1.165, 1.54) is 57.4 Å². The molecule has 1 aromatic rings. The third-order valence-electron chi connectivity index (χ3n) is 5.72. The predicted octanol–water partition coefficient (Wildman–Crippen LogP) is 2.99. The van der Waals surface area contributed by atoms with E-state index in [2.05, 4.69) is 16.8 Å². The minimum Gasteiger partial charge on any atom is -0.508 e. The lowest BCUT2D eigenvalue weighted by Gasteiger charge is -2.39. The molecule has 0 atom stereocenters. The van der Waals surface area contributed by atoms with Gasteiger partial charge in [0.2, 0.25) is 0 Å². The lowest BCUT2D eigenvalue weighted by Crippen LogP contribution is -2.40. The first kappa shape index (κ1) is 15.8. The van der Waals surface area contributed by atoms with Crippen molar-refractivity contribution < 1.29 is 5.11 Å². The third kappa shape index (κ3) is 4.23. The molecule has 0 aromatic heterocycles. The van der Waals surface area contributed by atoms with E-state index in [0.717, 1.165) is 24.8 Å². The highest BCUT2D eigenvalue weighted by atomic mass is 16.3. The predicted molar refractivity (Wildman–Crippen MR) is 91.2 cm³/mol. The van der Waals surface area contributed by atoms with E-state index in [-0.39, 0.29) is 0 Å². The summed E-state index contributed by atoms with van der Waals surface area (Å²) in [5.74, 6) is 2.32.